The van der Waals surface area contributed by atoms with Gasteiger partial charge in [0.1, 0.15) is 5.03 Å². The zero-order valence-corrected chi connectivity index (χ0v) is 21.7. The van der Waals surface area contributed by atoms with Gasteiger partial charge in [0.05, 0.1) is 5.56 Å². The molecule has 1 aliphatic rings. The van der Waals surface area contributed by atoms with Gasteiger partial charge in [-0.05, 0) is 58.4 Å². The van der Waals surface area contributed by atoms with Gasteiger partial charge in [-0.3, -0.25) is 4.79 Å². The number of amides is 1. The van der Waals surface area contributed by atoms with Crippen molar-refractivity contribution in [2.45, 2.75) is 70.7 Å². The third kappa shape index (κ3) is 5.86. The van der Waals surface area contributed by atoms with Gasteiger partial charge in [-0.2, -0.15) is 0 Å². The van der Waals surface area contributed by atoms with Gasteiger partial charge in [0, 0.05) is 38.1 Å². The molecule has 0 aliphatic carbocycles. The van der Waals surface area contributed by atoms with Crippen LogP contribution >= 0.6 is 11.8 Å². The molecule has 0 atom stereocenters. The molecule has 0 N–H and O–H groups in total. The van der Waals surface area contributed by atoms with Gasteiger partial charge in [-0.25, -0.2) is 4.98 Å². The lowest BCUT2D eigenvalue weighted by molar-refractivity contribution is 0.0742. The van der Waals surface area contributed by atoms with Crippen molar-refractivity contribution >= 4 is 23.4 Å². The molecule has 5 heteroatoms. The zero-order valence-electron chi connectivity index (χ0n) is 20.9. The highest BCUT2D eigenvalue weighted by Gasteiger charge is 2.27. The molecule has 2 aromatic rings. The van der Waals surface area contributed by atoms with Crippen molar-refractivity contribution in [2.24, 2.45) is 0 Å². The summed E-state index contributed by atoms with van der Waals surface area (Å²) in [5.41, 5.74) is 4.94. The van der Waals surface area contributed by atoms with Crippen LogP contribution in [0.25, 0.3) is 0 Å². The molecule has 1 amide bonds. The number of hydrogen-bond donors (Lipinski definition) is 0. The van der Waals surface area contributed by atoms with Crippen molar-refractivity contribution in [2.75, 3.05) is 36.8 Å². The topological polar surface area (TPSA) is 36.4 Å². The number of nitrogens with zero attached hydrogens (tertiary/aromatic N) is 3. The molecule has 1 aliphatic heterocycles. The Morgan fingerprint density at radius 1 is 0.969 bits per heavy atom. The van der Waals surface area contributed by atoms with Gasteiger partial charge in [-0.15, -0.1) is 11.8 Å². The van der Waals surface area contributed by atoms with Crippen LogP contribution < -0.4 is 4.90 Å². The summed E-state index contributed by atoms with van der Waals surface area (Å²) < 4.78 is 0. The zero-order chi connectivity index (χ0) is 23.5. The number of thioether (sulfide) groups is 1. The predicted molar refractivity (Wildman–Crippen MR) is 137 cm³/mol. The van der Waals surface area contributed by atoms with Crippen LogP contribution in [0.3, 0.4) is 0 Å². The van der Waals surface area contributed by atoms with E-state index in [9.17, 15) is 4.79 Å². The Labute approximate surface area is 198 Å². The third-order valence-corrected chi connectivity index (χ3v) is 7.24. The fourth-order valence-corrected chi connectivity index (χ4v) is 4.71. The molecule has 4 nitrogen and oxygen atoms in total. The highest BCUT2D eigenvalue weighted by molar-refractivity contribution is 7.99. The standard InChI is InChI=1S/C27H39N3OS/c1-8-16-32-24-23(10-9-11-28-24)25(31)30-14-12-29(13-15-30)22-18-20(26(2,3)4)17-21(19-22)27(5,6)7/h9-11,17-19H,8,12-16H2,1-7H3. The average Bonchev–Trinajstić information content (AvgIpc) is 2.76. The van der Waals surface area contributed by atoms with E-state index < -0.39 is 0 Å². The normalized spacial score (nSPS) is 15.2. The largest absolute Gasteiger partial charge is 0.368 e. The number of benzene rings is 1. The second-order valence-electron chi connectivity index (χ2n) is 10.8. The molecule has 174 valence electrons. The van der Waals surface area contributed by atoms with Crippen LogP contribution in [0.5, 0.6) is 0 Å². The Balaban J connectivity index is 1.77. The fraction of sp³-hybridized carbons (Fsp3) is 0.556. The minimum atomic E-state index is 0.0979. The number of anilines is 1. The van der Waals surface area contributed by atoms with E-state index in [4.69, 9.17) is 0 Å². The van der Waals surface area contributed by atoms with Crippen molar-refractivity contribution in [3.05, 3.63) is 53.2 Å². The molecule has 1 fully saturated rings. The van der Waals surface area contributed by atoms with E-state index in [2.05, 4.69) is 76.5 Å². The summed E-state index contributed by atoms with van der Waals surface area (Å²) >= 11 is 1.68. The number of rotatable bonds is 5. The summed E-state index contributed by atoms with van der Waals surface area (Å²) in [5.74, 6) is 1.08. The Kier molecular flexibility index (Phi) is 7.59. The maximum Gasteiger partial charge on any atom is 0.256 e. The molecule has 0 unspecified atom stereocenters. The van der Waals surface area contributed by atoms with E-state index in [0.29, 0.717) is 0 Å². The minimum absolute atomic E-state index is 0.0979. The van der Waals surface area contributed by atoms with Gasteiger partial charge in [0.15, 0.2) is 0 Å². The molecular formula is C27H39N3OS. The van der Waals surface area contributed by atoms with Crippen LogP contribution in [0.2, 0.25) is 0 Å². The molecule has 0 spiro atoms. The van der Waals surface area contributed by atoms with E-state index in [-0.39, 0.29) is 16.7 Å². The molecule has 0 radical (unpaired) electrons. The van der Waals surface area contributed by atoms with Crippen LogP contribution in [-0.2, 0) is 10.8 Å². The van der Waals surface area contributed by atoms with E-state index in [1.165, 1.54) is 16.8 Å². The summed E-state index contributed by atoms with van der Waals surface area (Å²) in [4.78, 5) is 22.1. The first kappa shape index (κ1) is 24.6. The smallest absolute Gasteiger partial charge is 0.256 e. The van der Waals surface area contributed by atoms with E-state index >= 15 is 0 Å². The molecule has 3 rings (SSSR count). The lowest BCUT2D eigenvalue weighted by Gasteiger charge is -2.37. The van der Waals surface area contributed by atoms with Crippen LogP contribution in [0, 0.1) is 0 Å². The first-order valence-corrected chi connectivity index (χ1v) is 12.8. The van der Waals surface area contributed by atoms with Crippen LogP contribution in [0.4, 0.5) is 5.69 Å². The summed E-state index contributed by atoms with van der Waals surface area (Å²) in [7, 11) is 0. The molecule has 0 saturated carbocycles. The number of aromatic nitrogens is 1. The van der Waals surface area contributed by atoms with Crippen molar-refractivity contribution in [3.8, 4) is 0 Å². The second kappa shape index (κ2) is 9.86. The fourth-order valence-electron chi connectivity index (χ4n) is 3.87. The number of carbonyl (C=O) groups is 1. The molecule has 1 saturated heterocycles. The summed E-state index contributed by atoms with van der Waals surface area (Å²) in [6, 6.07) is 10.8. The molecule has 1 aromatic heterocycles. The Morgan fingerprint density at radius 2 is 1.56 bits per heavy atom. The molecule has 32 heavy (non-hydrogen) atoms. The van der Waals surface area contributed by atoms with E-state index in [1.807, 2.05) is 17.0 Å². The van der Waals surface area contributed by atoms with Gasteiger partial charge in [-0.1, -0.05) is 54.5 Å². The summed E-state index contributed by atoms with van der Waals surface area (Å²) in [6.07, 6.45) is 2.85. The number of pyridine rings is 1. The molecule has 2 heterocycles. The van der Waals surface area contributed by atoms with Gasteiger partial charge in [0.25, 0.3) is 5.91 Å². The third-order valence-electron chi connectivity index (χ3n) is 6.03. The monoisotopic (exact) mass is 453 g/mol. The molecule has 0 bridgehead atoms. The van der Waals surface area contributed by atoms with Gasteiger partial charge >= 0.3 is 0 Å². The van der Waals surface area contributed by atoms with Gasteiger partial charge in [0.2, 0.25) is 0 Å². The van der Waals surface area contributed by atoms with Gasteiger partial charge < -0.3 is 9.80 Å². The highest BCUT2D eigenvalue weighted by Crippen LogP contribution is 2.34. The van der Waals surface area contributed by atoms with Crippen LogP contribution in [0.15, 0.2) is 41.6 Å². The maximum atomic E-state index is 13.3. The Morgan fingerprint density at radius 3 is 2.09 bits per heavy atom. The predicted octanol–water partition coefficient (Wildman–Crippen LogP) is 6.14. The minimum Gasteiger partial charge on any atom is -0.368 e. The first-order valence-electron chi connectivity index (χ1n) is 11.8. The summed E-state index contributed by atoms with van der Waals surface area (Å²) in [5, 5.41) is 0.856. The number of piperazine rings is 1. The van der Waals surface area contributed by atoms with Crippen LogP contribution in [0.1, 0.15) is 76.4 Å². The SMILES string of the molecule is CCCSc1ncccc1C(=O)N1CCN(c2cc(C(C)(C)C)cc(C(C)(C)C)c2)CC1. The molecule has 1 aromatic carbocycles. The van der Waals surface area contributed by atoms with E-state index in [0.717, 1.165) is 48.9 Å². The van der Waals surface area contributed by atoms with Crippen molar-refractivity contribution in [3.63, 3.8) is 0 Å². The van der Waals surface area contributed by atoms with Crippen molar-refractivity contribution in [1.29, 1.82) is 0 Å². The second-order valence-corrected chi connectivity index (χ2v) is 11.8. The Bertz CT molecular complexity index is 902. The number of carbonyl (C=O) groups excluding carboxylic acids is 1. The highest BCUT2D eigenvalue weighted by atomic mass is 32.2. The lowest BCUT2D eigenvalue weighted by atomic mass is 9.80. The van der Waals surface area contributed by atoms with E-state index in [1.54, 1.807) is 18.0 Å². The quantitative estimate of drug-likeness (QED) is 0.510. The molecular weight excluding hydrogens is 414 g/mol. The van der Waals surface area contributed by atoms with Crippen molar-refractivity contribution < 1.29 is 4.79 Å². The van der Waals surface area contributed by atoms with Crippen LogP contribution in [-0.4, -0.2) is 47.7 Å². The average molecular weight is 454 g/mol. The maximum absolute atomic E-state index is 13.3. The Hall–Kier alpha value is -2.01. The van der Waals surface area contributed by atoms with Crippen molar-refractivity contribution in [1.82, 2.24) is 9.88 Å². The summed E-state index contributed by atoms with van der Waals surface area (Å²) in [6.45, 7) is 19.0. The lowest BCUT2D eigenvalue weighted by Crippen LogP contribution is -2.49. The first-order chi connectivity index (χ1) is 15.0. The number of hydrogen-bond acceptors (Lipinski definition) is 4.